The zero-order valence-electron chi connectivity index (χ0n) is 12.6. The molecule has 1 aromatic carbocycles. The molecule has 1 saturated heterocycles. The molecule has 2 atom stereocenters. The first-order valence-electron chi connectivity index (χ1n) is 7.53. The summed E-state index contributed by atoms with van der Waals surface area (Å²) in [5.74, 6) is 1.66. The van der Waals surface area contributed by atoms with Gasteiger partial charge in [-0.3, -0.25) is 0 Å². The number of likely N-dealkylation sites (tertiary alicyclic amines) is 1. The fraction of sp³-hybridized carbons (Fsp3) is 0.647. The molecule has 0 radical (unpaired) electrons. The van der Waals surface area contributed by atoms with Gasteiger partial charge in [-0.1, -0.05) is 51.1 Å². The molecule has 1 aliphatic heterocycles. The maximum Gasteiger partial charge on any atom is 0.0174 e. The Hall–Kier alpha value is -0.860. The highest BCUT2D eigenvalue weighted by Gasteiger charge is 2.32. The summed E-state index contributed by atoms with van der Waals surface area (Å²) >= 11 is 0. The van der Waals surface area contributed by atoms with Crippen LogP contribution in [-0.2, 0) is 5.41 Å². The minimum atomic E-state index is 0.0765. The van der Waals surface area contributed by atoms with Crippen LogP contribution < -0.4 is 5.73 Å². The Bertz CT molecular complexity index is 388. The molecule has 0 saturated carbocycles. The highest BCUT2D eigenvalue weighted by molar-refractivity contribution is 5.25. The van der Waals surface area contributed by atoms with Crippen LogP contribution >= 0.6 is 0 Å². The first kappa shape index (κ1) is 14.5. The van der Waals surface area contributed by atoms with E-state index in [2.05, 4.69) is 56.0 Å². The Labute approximate surface area is 118 Å². The minimum Gasteiger partial charge on any atom is -0.330 e. The van der Waals surface area contributed by atoms with Crippen molar-refractivity contribution >= 4 is 0 Å². The van der Waals surface area contributed by atoms with Gasteiger partial charge in [0.15, 0.2) is 0 Å². The van der Waals surface area contributed by atoms with Crippen molar-refractivity contribution in [1.29, 1.82) is 0 Å². The molecule has 1 aliphatic rings. The molecule has 2 unspecified atom stereocenters. The smallest absolute Gasteiger partial charge is 0.0174 e. The van der Waals surface area contributed by atoms with E-state index in [1.807, 2.05) is 0 Å². The number of rotatable bonds is 5. The van der Waals surface area contributed by atoms with Gasteiger partial charge < -0.3 is 10.6 Å². The Morgan fingerprint density at radius 3 is 2.53 bits per heavy atom. The second-order valence-electron chi connectivity index (χ2n) is 6.66. The molecule has 0 spiro atoms. The van der Waals surface area contributed by atoms with Crippen molar-refractivity contribution in [3.63, 3.8) is 0 Å². The maximum absolute atomic E-state index is 6.08. The van der Waals surface area contributed by atoms with E-state index >= 15 is 0 Å². The van der Waals surface area contributed by atoms with Crippen molar-refractivity contribution in [2.24, 2.45) is 17.6 Å². The Kier molecular flexibility index (Phi) is 4.64. The first-order valence-corrected chi connectivity index (χ1v) is 7.53. The SMILES string of the molecule is CC(C)C1CCN(CC(C)(CN)c2ccccc2)C1. The van der Waals surface area contributed by atoms with Gasteiger partial charge >= 0.3 is 0 Å². The van der Waals surface area contributed by atoms with Crippen molar-refractivity contribution < 1.29 is 0 Å². The summed E-state index contributed by atoms with van der Waals surface area (Å²) in [4.78, 5) is 2.60. The van der Waals surface area contributed by atoms with E-state index in [0.717, 1.165) is 18.4 Å². The summed E-state index contributed by atoms with van der Waals surface area (Å²) in [6.07, 6.45) is 1.34. The molecule has 2 nitrogen and oxygen atoms in total. The predicted octanol–water partition coefficient (Wildman–Crippen LogP) is 2.88. The number of hydrogen-bond donors (Lipinski definition) is 1. The van der Waals surface area contributed by atoms with Crippen LogP contribution in [0.4, 0.5) is 0 Å². The number of nitrogens with zero attached hydrogens (tertiary/aromatic N) is 1. The Morgan fingerprint density at radius 1 is 1.32 bits per heavy atom. The fourth-order valence-corrected chi connectivity index (χ4v) is 3.16. The van der Waals surface area contributed by atoms with E-state index in [1.54, 1.807) is 0 Å². The average Bonchev–Trinajstić information content (AvgIpc) is 2.88. The molecule has 19 heavy (non-hydrogen) atoms. The predicted molar refractivity (Wildman–Crippen MR) is 82.2 cm³/mol. The Balaban J connectivity index is 2.04. The van der Waals surface area contributed by atoms with E-state index < -0.39 is 0 Å². The van der Waals surface area contributed by atoms with Gasteiger partial charge in [0.2, 0.25) is 0 Å². The molecule has 1 fully saturated rings. The summed E-state index contributed by atoms with van der Waals surface area (Å²) in [6.45, 7) is 11.2. The fourth-order valence-electron chi connectivity index (χ4n) is 3.16. The van der Waals surface area contributed by atoms with E-state index in [9.17, 15) is 0 Å². The quantitative estimate of drug-likeness (QED) is 0.882. The molecule has 1 aromatic rings. The summed E-state index contributed by atoms with van der Waals surface area (Å²) in [6, 6.07) is 10.7. The van der Waals surface area contributed by atoms with E-state index in [-0.39, 0.29) is 5.41 Å². The van der Waals surface area contributed by atoms with Crippen LogP contribution in [0.15, 0.2) is 30.3 Å². The van der Waals surface area contributed by atoms with Crippen LogP contribution in [0.25, 0.3) is 0 Å². The largest absolute Gasteiger partial charge is 0.330 e. The Morgan fingerprint density at radius 2 is 2.00 bits per heavy atom. The minimum absolute atomic E-state index is 0.0765. The molecular formula is C17H28N2. The highest BCUT2D eigenvalue weighted by Crippen LogP contribution is 2.29. The lowest BCUT2D eigenvalue weighted by molar-refractivity contribution is 0.243. The first-order chi connectivity index (χ1) is 9.05. The summed E-state index contributed by atoms with van der Waals surface area (Å²) in [5.41, 5.74) is 7.53. The van der Waals surface area contributed by atoms with Gasteiger partial charge in [-0.05, 0) is 30.4 Å². The van der Waals surface area contributed by atoms with Crippen LogP contribution in [0.3, 0.4) is 0 Å². The molecule has 0 bridgehead atoms. The van der Waals surface area contributed by atoms with Crippen LogP contribution in [-0.4, -0.2) is 31.1 Å². The summed E-state index contributed by atoms with van der Waals surface area (Å²) < 4.78 is 0. The molecule has 2 rings (SSSR count). The van der Waals surface area contributed by atoms with Crippen LogP contribution in [0, 0.1) is 11.8 Å². The van der Waals surface area contributed by atoms with Crippen molar-refractivity contribution in [1.82, 2.24) is 4.90 Å². The van der Waals surface area contributed by atoms with Crippen LogP contribution in [0.5, 0.6) is 0 Å². The van der Waals surface area contributed by atoms with Gasteiger partial charge in [-0.25, -0.2) is 0 Å². The van der Waals surface area contributed by atoms with Crippen LogP contribution in [0.2, 0.25) is 0 Å². The lowest BCUT2D eigenvalue weighted by Gasteiger charge is -2.33. The third-order valence-electron chi connectivity index (χ3n) is 4.75. The number of benzene rings is 1. The normalized spacial score (nSPS) is 23.7. The van der Waals surface area contributed by atoms with E-state index in [1.165, 1.54) is 25.1 Å². The van der Waals surface area contributed by atoms with Gasteiger partial charge in [0, 0.05) is 25.0 Å². The van der Waals surface area contributed by atoms with Crippen molar-refractivity contribution in [2.75, 3.05) is 26.2 Å². The zero-order chi connectivity index (χ0) is 13.9. The van der Waals surface area contributed by atoms with Gasteiger partial charge in [-0.15, -0.1) is 0 Å². The second-order valence-corrected chi connectivity index (χ2v) is 6.66. The number of nitrogens with two attached hydrogens (primary N) is 1. The third-order valence-corrected chi connectivity index (χ3v) is 4.75. The van der Waals surface area contributed by atoms with Gasteiger partial charge in [0.25, 0.3) is 0 Å². The number of hydrogen-bond acceptors (Lipinski definition) is 2. The monoisotopic (exact) mass is 260 g/mol. The van der Waals surface area contributed by atoms with Crippen molar-refractivity contribution in [3.8, 4) is 0 Å². The van der Waals surface area contributed by atoms with E-state index in [0.29, 0.717) is 6.54 Å². The molecule has 2 N–H and O–H groups in total. The van der Waals surface area contributed by atoms with Crippen molar-refractivity contribution in [2.45, 2.75) is 32.6 Å². The maximum atomic E-state index is 6.08. The average molecular weight is 260 g/mol. The van der Waals surface area contributed by atoms with Crippen LogP contribution in [0.1, 0.15) is 32.8 Å². The lowest BCUT2D eigenvalue weighted by Crippen LogP contribution is -2.43. The molecule has 0 amide bonds. The third kappa shape index (κ3) is 3.37. The van der Waals surface area contributed by atoms with Gasteiger partial charge in [0.1, 0.15) is 0 Å². The molecule has 1 heterocycles. The molecule has 0 aliphatic carbocycles. The topological polar surface area (TPSA) is 29.3 Å². The second kappa shape index (κ2) is 6.06. The molecule has 106 valence electrons. The molecule has 2 heteroatoms. The summed E-state index contributed by atoms with van der Waals surface area (Å²) in [5, 5.41) is 0. The standard InChI is InChI=1S/C17H28N2/c1-14(2)15-9-10-19(11-15)13-17(3,12-18)16-7-5-4-6-8-16/h4-8,14-15H,9-13,18H2,1-3H3. The molecule has 0 aromatic heterocycles. The highest BCUT2D eigenvalue weighted by atomic mass is 15.2. The molecular weight excluding hydrogens is 232 g/mol. The van der Waals surface area contributed by atoms with Gasteiger partial charge in [0.05, 0.1) is 0 Å². The zero-order valence-corrected chi connectivity index (χ0v) is 12.6. The van der Waals surface area contributed by atoms with Gasteiger partial charge in [-0.2, -0.15) is 0 Å². The lowest BCUT2D eigenvalue weighted by atomic mass is 9.82. The van der Waals surface area contributed by atoms with E-state index in [4.69, 9.17) is 5.73 Å². The van der Waals surface area contributed by atoms with Crippen molar-refractivity contribution in [3.05, 3.63) is 35.9 Å². The summed E-state index contributed by atoms with van der Waals surface area (Å²) in [7, 11) is 0.